The summed E-state index contributed by atoms with van der Waals surface area (Å²) in [5.41, 5.74) is 1.72. The van der Waals surface area contributed by atoms with Gasteiger partial charge in [-0.1, -0.05) is 32.0 Å². The summed E-state index contributed by atoms with van der Waals surface area (Å²) in [6.07, 6.45) is -0.660. The number of ether oxygens (including phenoxy) is 1. The second-order valence-corrected chi connectivity index (χ2v) is 11.0. The number of alkyl carbamates (subject to hydrolysis) is 1. The maximum atomic E-state index is 13.7. The number of carbonyl (C=O) groups is 3. The van der Waals surface area contributed by atoms with Crippen molar-refractivity contribution in [1.82, 2.24) is 15.5 Å². The molecule has 1 rings (SSSR count). The molecule has 0 radical (unpaired) electrons. The quantitative estimate of drug-likeness (QED) is 0.618. The van der Waals surface area contributed by atoms with Crippen molar-refractivity contribution in [3.63, 3.8) is 0 Å². The van der Waals surface area contributed by atoms with Gasteiger partial charge in [-0.05, 0) is 84.9 Å². The van der Waals surface area contributed by atoms with E-state index in [1.807, 2.05) is 73.6 Å². The summed E-state index contributed by atoms with van der Waals surface area (Å²) in [5, 5.41) is 5.73. The van der Waals surface area contributed by atoms with Crippen LogP contribution in [0.4, 0.5) is 4.79 Å². The van der Waals surface area contributed by atoms with Gasteiger partial charge in [-0.2, -0.15) is 0 Å². The Morgan fingerprint density at radius 1 is 1.00 bits per heavy atom. The number of likely N-dealkylation sites (N-methyl/N-ethyl adjacent to an activating group) is 1. The third kappa shape index (κ3) is 8.71. The Bertz CT molecular complexity index is 850. The van der Waals surface area contributed by atoms with Gasteiger partial charge in [-0.25, -0.2) is 4.79 Å². The van der Waals surface area contributed by atoms with Crippen molar-refractivity contribution in [3.05, 3.63) is 34.9 Å². The molecule has 0 aliphatic rings. The van der Waals surface area contributed by atoms with E-state index in [0.29, 0.717) is 6.54 Å². The molecule has 0 spiro atoms. The fourth-order valence-corrected chi connectivity index (χ4v) is 3.44. The van der Waals surface area contributed by atoms with E-state index in [0.717, 1.165) is 16.7 Å². The standard InChI is InChI=1S/C26H43N3O4/c1-12-29(23(31)20(16(2)3)27-24(32)33-26(9,10)11)21(22(30)28-25(6,7)8)19-14-13-17(4)18(5)15-19/h13-16,20-21H,12H2,1-11H3,(H,27,32)(H,28,30). The number of amides is 3. The zero-order valence-corrected chi connectivity index (χ0v) is 22.3. The highest BCUT2D eigenvalue weighted by atomic mass is 16.6. The fourth-order valence-electron chi connectivity index (χ4n) is 3.44. The van der Waals surface area contributed by atoms with Crippen molar-refractivity contribution in [1.29, 1.82) is 0 Å². The molecule has 2 atom stereocenters. The van der Waals surface area contributed by atoms with Crippen LogP contribution >= 0.6 is 0 Å². The van der Waals surface area contributed by atoms with Crippen LogP contribution in [0.1, 0.15) is 85.0 Å². The lowest BCUT2D eigenvalue weighted by Gasteiger charge is -2.36. The predicted molar refractivity (Wildman–Crippen MR) is 132 cm³/mol. The second kappa shape index (κ2) is 11.0. The lowest BCUT2D eigenvalue weighted by molar-refractivity contribution is -0.143. The van der Waals surface area contributed by atoms with Crippen LogP contribution in [0.5, 0.6) is 0 Å². The van der Waals surface area contributed by atoms with Gasteiger partial charge in [0.1, 0.15) is 17.7 Å². The van der Waals surface area contributed by atoms with Crippen molar-refractivity contribution in [2.75, 3.05) is 6.54 Å². The van der Waals surface area contributed by atoms with E-state index in [4.69, 9.17) is 4.74 Å². The van der Waals surface area contributed by atoms with Crippen LogP contribution in [0.25, 0.3) is 0 Å². The lowest BCUT2D eigenvalue weighted by atomic mass is 9.96. The topological polar surface area (TPSA) is 87.7 Å². The number of hydrogen-bond donors (Lipinski definition) is 2. The molecule has 0 aliphatic heterocycles. The summed E-state index contributed by atoms with van der Waals surface area (Å²) in [4.78, 5) is 41.2. The van der Waals surface area contributed by atoms with E-state index in [2.05, 4.69) is 10.6 Å². The molecular formula is C26H43N3O4. The van der Waals surface area contributed by atoms with Gasteiger partial charge in [0.2, 0.25) is 11.8 Å². The Balaban J connectivity index is 3.42. The van der Waals surface area contributed by atoms with E-state index in [1.54, 1.807) is 20.8 Å². The summed E-state index contributed by atoms with van der Waals surface area (Å²) in [7, 11) is 0. The first kappa shape index (κ1) is 28.5. The molecule has 3 amide bonds. The third-order valence-corrected chi connectivity index (χ3v) is 5.13. The normalized spacial score (nSPS) is 13.8. The molecule has 2 unspecified atom stereocenters. The molecule has 0 aromatic heterocycles. The van der Waals surface area contributed by atoms with E-state index in [1.165, 1.54) is 4.90 Å². The van der Waals surface area contributed by atoms with Gasteiger partial charge in [-0.3, -0.25) is 9.59 Å². The average molecular weight is 462 g/mol. The summed E-state index contributed by atoms with van der Waals surface area (Å²) >= 11 is 0. The summed E-state index contributed by atoms with van der Waals surface area (Å²) in [6.45, 7) is 20.8. The zero-order valence-electron chi connectivity index (χ0n) is 22.3. The predicted octanol–water partition coefficient (Wildman–Crippen LogP) is 4.66. The maximum Gasteiger partial charge on any atom is 0.408 e. The molecule has 0 saturated carbocycles. The molecule has 7 nitrogen and oxygen atoms in total. The van der Waals surface area contributed by atoms with Crippen LogP contribution in [-0.4, -0.2) is 46.5 Å². The molecule has 2 N–H and O–H groups in total. The number of rotatable bonds is 7. The molecular weight excluding hydrogens is 418 g/mol. The highest BCUT2D eigenvalue weighted by Crippen LogP contribution is 2.26. The molecule has 7 heteroatoms. The van der Waals surface area contributed by atoms with Crippen molar-refractivity contribution in [3.8, 4) is 0 Å². The largest absolute Gasteiger partial charge is 0.444 e. The SMILES string of the molecule is CCN(C(=O)C(NC(=O)OC(C)(C)C)C(C)C)C(C(=O)NC(C)(C)C)c1ccc(C)c(C)c1. The number of aryl methyl sites for hydroxylation is 2. The van der Waals surface area contributed by atoms with Crippen LogP contribution in [0.2, 0.25) is 0 Å². The molecule has 0 fully saturated rings. The van der Waals surface area contributed by atoms with Crippen LogP contribution in [0.15, 0.2) is 18.2 Å². The Kier molecular flexibility index (Phi) is 9.52. The first-order valence-electron chi connectivity index (χ1n) is 11.7. The first-order chi connectivity index (χ1) is 15.0. The zero-order chi connectivity index (χ0) is 25.7. The maximum absolute atomic E-state index is 13.7. The molecule has 0 bridgehead atoms. The Hall–Kier alpha value is -2.57. The van der Waals surface area contributed by atoms with Crippen LogP contribution < -0.4 is 10.6 Å². The van der Waals surface area contributed by atoms with Crippen molar-refractivity contribution >= 4 is 17.9 Å². The Labute approximate surface area is 199 Å². The smallest absolute Gasteiger partial charge is 0.408 e. The summed E-state index contributed by atoms with van der Waals surface area (Å²) < 4.78 is 5.37. The minimum atomic E-state index is -0.837. The monoisotopic (exact) mass is 461 g/mol. The number of hydrogen-bond acceptors (Lipinski definition) is 4. The van der Waals surface area contributed by atoms with E-state index >= 15 is 0 Å². The van der Waals surface area contributed by atoms with Gasteiger partial charge in [0.05, 0.1) is 0 Å². The highest BCUT2D eigenvalue weighted by Gasteiger charge is 2.37. The highest BCUT2D eigenvalue weighted by molar-refractivity contribution is 5.92. The van der Waals surface area contributed by atoms with Crippen molar-refractivity contribution in [2.24, 2.45) is 5.92 Å². The molecule has 186 valence electrons. The minimum absolute atomic E-state index is 0.204. The van der Waals surface area contributed by atoms with Crippen LogP contribution in [0, 0.1) is 19.8 Å². The van der Waals surface area contributed by atoms with E-state index in [-0.39, 0.29) is 17.7 Å². The van der Waals surface area contributed by atoms with Crippen molar-refractivity contribution < 1.29 is 19.1 Å². The molecule has 0 saturated heterocycles. The van der Waals surface area contributed by atoms with Gasteiger partial charge in [0.15, 0.2) is 0 Å². The number of nitrogens with one attached hydrogen (secondary N) is 2. The Morgan fingerprint density at radius 3 is 2.00 bits per heavy atom. The fraction of sp³-hybridized carbons (Fsp3) is 0.654. The van der Waals surface area contributed by atoms with Gasteiger partial charge in [0, 0.05) is 12.1 Å². The molecule has 0 heterocycles. The van der Waals surface area contributed by atoms with E-state index in [9.17, 15) is 14.4 Å². The number of benzene rings is 1. The Morgan fingerprint density at radius 2 is 1.58 bits per heavy atom. The lowest BCUT2D eigenvalue weighted by Crippen LogP contribution is -2.56. The first-order valence-corrected chi connectivity index (χ1v) is 11.7. The number of nitrogens with zero attached hydrogens (tertiary/aromatic N) is 1. The van der Waals surface area contributed by atoms with Gasteiger partial charge in [0.25, 0.3) is 0 Å². The average Bonchev–Trinajstić information content (AvgIpc) is 2.62. The van der Waals surface area contributed by atoms with Gasteiger partial charge in [-0.15, -0.1) is 0 Å². The molecule has 33 heavy (non-hydrogen) atoms. The number of carbonyl (C=O) groups excluding carboxylic acids is 3. The van der Waals surface area contributed by atoms with E-state index < -0.39 is 29.3 Å². The van der Waals surface area contributed by atoms with Crippen molar-refractivity contribution in [2.45, 2.75) is 99.4 Å². The van der Waals surface area contributed by atoms with Crippen LogP contribution in [-0.2, 0) is 14.3 Å². The third-order valence-electron chi connectivity index (χ3n) is 5.13. The minimum Gasteiger partial charge on any atom is -0.444 e. The summed E-state index contributed by atoms with van der Waals surface area (Å²) in [6, 6.07) is 4.12. The summed E-state index contributed by atoms with van der Waals surface area (Å²) in [5.74, 6) is -0.795. The molecule has 1 aromatic rings. The van der Waals surface area contributed by atoms with Gasteiger partial charge < -0.3 is 20.3 Å². The molecule has 0 aliphatic carbocycles. The van der Waals surface area contributed by atoms with Crippen LogP contribution in [0.3, 0.4) is 0 Å². The second-order valence-electron chi connectivity index (χ2n) is 11.0. The molecule has 1 aromatic carbocycles. The van der Waals surface area contributed by atoms with Gasteiger partial charge >= 0.3 is 6.09 Å².